The maximum atomic E-state index is 12.0. The molecule has 5 heteroatoms. The van der Waals surface area contributed by atoms with Gasteiger partial charge < -0.3 is 10.4 Å². The average molecular weight is 278 g/mol. The molecule has 2 N–H and O–H groups in total. The van der Waals surface area contributed by atoms with Crippen molar-refractivity contribution >= 4 is 17.7 Å². The molecule has 0 unspecified atom stereocenters. The number of amides is 2. The van der Waals surface area contributed by atoms with E-state index in [-0.39, 0.29) is 17.0 Å². The van der Waals surface area contributed by atoms with E-state index in [0.29, 0.717) is 12.2 Å². The summed E-state index contributed by atoms with van der Waals surface area (Å²) >= 11 is 0. The van der Waals surface area contributed by atoms with Gasteiger partial charge in [0.15, 0.2) is 0 Å². The van der Waals surface area contributed by atoms with Gasteiger partial charge in [0.1, 0.15) is 0 Å². The van der Waals surface area contributed by atoms with E-state index in [2.05, 4.69) is 26.1 Å². The molecule has 110 valence electrons. The molecule has 0 aliphatic carbocycles. The number of rotatable bonds is 4. The molecular formula is C15H22N2O3. The number of benzene rings is 1. The Bertz CT molecular complexity index is 492. The van der Waals surface area contributed by atoms with Gasteiger partial charge in [-0.05, 0) is 24.0 Å². The van der Waals surface area contributed by atoms with Crippen molar-refractivity contribution in [1.29, 1.82) is 0 Å². The van der Waals surface area contributed by atoms with Crippen molar-refractivity contribution in [2.75, 3.05) is 18.5 Å². The second-order valence-corrected chi connectivity index (χ2v) is 5.92. The van der Waals surface area contributed by atoms with E-state index in [9.17, 15) is 9.59 Å². The Kier molecular flexibility index (Phi) is 5.13. The van der Waals surface area contributed by atoms with E-state index in [1.54, 1.807) is 25.2 Å². The molecule has 0 radical (unpaired) electrons. The zero-order valence-electron chi connectivity index (χ0n) is 12.4. The van der Waals surface area contributed by atoms with Gasteiger partial charge in [-0.2, -0.15) is 0 Å². The third-order valence-corrected chi connectivity index (χ3v) is 2.95. The first-order valence-electron chi connectivity index (χ1n) is 6.56. The van der Waals surface area contributed by atoms with Gasteiger partial charge in [-0.25, -0.2) is 9.59 Å². The first kappa shape index (κ1) is 16.0. The van der Waals surface area contributed by atoms with E-state index in [4.69, 9.17) is 5.11 Å². The third kappa shape index (κ3) is 4.57. The number of urea groups is 1. The molecule has 20 heavy (non-hydrogen) atoms. The number of anilines is 1. The quantitative estimate of drug-likeness (QED) is 0.889. The van der Waals surface area contributed by atoms with Crippen LogP contribution in [-0.2, 0) is 0 Å². The molecule has 5 nitrogen and oxygen atoms in total. The second-order valence-electron chi connectivity index (χ2n) is 5.92. The fourth-order valence-corrected chi connectivity index (χ4v) is 1.72. The first-order valence-corrected chi connectivity index (χ1v) is 6.56. The number of aromatic carboxylic acids is 1. The van der Waals surface area contributed by atoms with E-state index in [1.165, 1.54) is 11.0 Å². The van der Waals surface area contributed by atoms with E-state index < -0.39 is 5.97 Å². The molecule has 2 amide bonds. The van der Waals surface area contributed by atoms with Crippen LogP contribution in [0.2, 0.25) is 0 Å². The molecule has 1 aromatic rings. The minimum Gasteiger partial charge on any atom is -0.478 e. The largest absolute Gasteiger partial charge is 0.478 e. The first-order chi connectivity index (χ1) is 9.22. The Morgan fingerprint density at radius 2 is 1.85 bits per heavy atom. The minimum atomic E-state index is -1.05. The summed E-state index contributed by atoms with van der Waals surface area (Å²) in [6.07, 6.45) is 0.854. The maximum Gasteiger partial charge on any atom is 0.337 e. The summed E-state index contributed by atoms with van der Waals surface area (Å²) in [5, 5.41) is 11.9. The zero-order chi connectivity index (χ0) is 15.3. The third-order valence-electron chi connectivity index (χ3n) is 2.95. The van der Waals surface area contributed by atoms with Crippen LogP contribution >= 0.6 is 0 Å². The highest BCUT2D eigenvalue weighted by Gasteiger charge is 2.18. The smallest absolute Gasteiger partial charge is 0.337 e. The molecular weight excluding hydrogens is 256 g/mol. The summed E-state index contributed by atoms with van der Waals surface area (Å²) in [5.74, 6) is -1.05. The number of nitrogens with one attached hydrogen (secondary N) is 1. The Morgan fingerprint density at radius 3 is 2.40 bits per heavy atom. The average Bonchev–Trinajstić information content (AvgIpc) is 2.36. The van der Waals surface area contributed by atoms with E-state index >= 15 is 0 Å². The highest BCUT2D eigenvalue weighted by molar-refractivity contribution is 6.01. The number of carboxylic acids is 1. The Hall–Kier alpha value is -2.04. The molecule has 0 heterocycles. The van der Waals surface area contributed by atoms with Crippen LogP contribution in [0.25, 0.3) is 0 Å². The van der Waals surface area contributed by atoms with E-state index in [0.717, 1.165) is 6.42 Å². The molecule has 1 rings (SSSR count). The minimum absolute atomic E-state index is 0.112. The molecule has 0 aliphatic heterocycles. The summed E-state index contributed by atoms with van der Waals surface area (Å²) < 4.78 is 0. The van der Waals surface area contributed by atoms with Gasteiger partial charge in [0.25, 0.3) is 0 Å². The lowest BCUT2D eigenvalue weighted by atomic mass is 9.92. The van der Waals surface area contributed by atoms with Crippen molar-refractivity contribution in [2.45, 2.75) is 27.2 Å². The van der Waals surface area contributed by atoms with E-state index in [1.807, 2.05) is 0 Å². The van der Waals surface area contributed by atoms with Crippen molar-refractivity contribution in [3.63, 3.8) is 0 Å². The van der Waals surface area contributed by atoms with Gasteiger partial charge in [0.2, 0.25) is 0 Å². The zero-order valence-corrected chi connectivity index (χ0v) is 12.4. The van der Waals surface area contributed by atoms with Gasteiger partial charge in [-0.15, -0.1) is 0 Å². The van der Waals surface area contributed by atoms with Crippen molar-refractivity contribution in [2.24, 2.45) is 5.41 Å². The highest BCUT2D eigenvalue weighted by Crippen LogP contribution is 2.20. The number of nitrogens with zero attached hydrogens (tertiary/aromatic N) is 1. The molecule has 0 spiro atoms. The predicted octanol–water partition coefficient (Wildman–Crippen LogP) is 2.97. The van der Waals surface area contributed by atoms with Crippen molar-refractivity contribution in [3.8, 4) is 0 Å². The lowest BCUT2D eigenvalue weighted by Gasteiger charge is -2.22. The second kappa shape index (κ2) is 6.41. The summed E-state index contributed by atoms with van der Waals surface area (Å²) in [6.45, 7) is 6.86. The predicted molar refractivity (Wildman–Crippen MR) is 79.3 cm³/mol. The van der Waals surface area contributed by atoms with Gasteiger partial charge in [-0.1, -0.05) is 32.9 Å². The number of hydrogen-bond donors (Lipinski definition) is 2. The standard InChI is InChI=1S/C15H22N2O3/c1-15(2,3)9-10-16-14(20)17(4)12-8-6-5-7-11(12)13(18)19/h5-8H,9-10H2,1-4H3,(H,16,20)(H,18,19). The molecule has 1 aromatic carbocycles. The SMILES string of the molecule is CN(C(=O)NCCC(C)(C)C)c1ccccc1C(=O)O. The molecule has 0 saturated carbocycles. The molecule has 0 atom stereocenters. The van der Waals surface area contributed by atoms with Gasteiger partial charge in [-0.3, -0.25) is 4.90 Å². The van der Waals surface area contributed by atoms with Crippen LogP contribution in [0.15, 0.2) is 24.3 Å². The normalized spacial score (nSPS) is 11.0. The fraction of sp³-hybridized carbons (Fsp3) is 0.467. The number of carboxylic acid groups (broad SMARTS) is 1. The lowest BCUT2D eigenvalue weighted by Crippen LogP contribution is -2.39. The number of para-hydroxylation sites is 1. The molecule has 0 saturated heterocycles. The summed E-state index contributed by atoms with van der Waals surface area (Å²) in [5.41, 5.74) is 0.638. The van der Waals surface area contributed by atoms with Crippen LogP contribution < -0.4 is 10.2 Å². The highest BCUT2D eigenvalue weighted by atomic mass is 16.4. The fourth-order valence-electron chi connectivity index (χ4n) is 1.72. The van der Waals surface area contributed by atoms with Crippen molar-refractivity contribution in [1.82, 2.24) is 5.32 Å². The van der Waals surface area contributed by atoms with Crippen molar-refractivity contribution < 1.29 is 14.7 Å². The summed E-state index contributed by atoms with van der Waals surface area (Å²) in [4.78, 5) is 24.5. The topological polar surface area (TPSA) is 69.6 Å². The van der Waals surface area contributed by atoms with Gasteiger partial charge >= 0.3 is 12.0 Å². The molecule has 0 bridgehead atoms. The van der Waals surface area contributed by atoms with Crippen LogP contribution in [0.5, 0.6) is 0 Å². The monoisotopic (exact) mass is 278 g/mol. The molecule has 0 fully saturated rings. The van der Waals surface area contributed by atoms with Crippen LogP contribution in [-0.4, -0.2) is 30.7 Å². The Balaban J connectivity index is 2.72. The molecule has 0 aliphatic rings. The van der Waals surface area contributed by atoms with Gasteiger partial charge in [0, 0.05) is 13.6 Å². The van der Waals surface area contributed by atoms with Crippen LogP contribution in [0.1, 0.15) is 37.6 Å². The molecule has 0 aromatic heterocycles. The van der Waals surface area contributed by atoms with Crippen LogP contribution in [0.4, 0.5) is 10.5 Å². The Morgan fingerprint density at radius 1 is 1.25 bits per heavy atom. The number of carbonyl (C=O) groups is 2. The number of hydrogen-bond acceptors (Lipinski definition) is 2. The van der Waals surface area contributed by atoms with Crippen LogP contribution in [0, 0.1) is 5.41 Å². The lowest BCUT2D eigenvalue weighted by molar-refractivity contribution is 0.0697. The summed E-state index contributed by atoms with van der Waals surface area (Å²) in [6, 6.07) is 6.14. The van der Waals surface area contributed by atoms with Gasteiger partial charge in [0.05, 0.1) is 11.3 Å². The van der Waals surface area contributed by atoms with Crippen molar-refractivity contribution in [3.05, 3.63) is 29.8 Å². The van der Waals surface area contributed by atoms with Crippen LogP contribution in [0.3, 0.4) is 0 Å². The Labute approximate surface area is 119 Å². The maximum absolute atomic E-state index is 12.0. The summed E-state index contributed by atoms with van der Waals surface area (Å²) in [7, 11) is 1.56. The number of carbonyl (C=O) groups excluding carboxylic acids is 1.